The van der Waals surface area contributed by atoms with Crippen LogP contribution in [0.25, 0.3) is 0 Å². The number of urea groups is 1. The Morgan fingerprint density at radius 3 is 2.54 bits per heavy atom. The van der Waals surface area contributed by atoms with E-state index >= 15 is 0 Å². The molecular formula is C20H24ClN3O2. The van der Waals surface area contributed by atoms with Crippen LogP contribution in [0.15, 0.2) is 48.5 Å². The maximum atomic E-state index is 12.3. The van der Waals surface area contributed by atoms with Crippen molar-refractivity contribution in [2.24, 2.45) is 0 Å². The number of halogens is 1. The molecule has 1 heterocycles. The summed E-state index contributed by atoms with van der Waals surface area (Å²) in [4.78, 5) is 16.5. The van der Waals surface area contributed by atoms with Gasteiger partial charge in [-0.1, -0.05) is 35.4 Å². The fraction of sp³-hybridized carbons (Fsp3) is 0.350. The van der Waals surface area contributed by atoms with Crippen LogP contribution in [0.3, 0.4) is 0 Å². The Balaban J connectivity index is 1.38. The predicted octanol–water partition coefficient (Wildman–Crippen LogP) is 3.88. The standard InChI is InChI=1S/C20H24ClN3O2/c1-16-5-7-19(8-6-16)26-14-13-23-9-11-24(12-10-23)20(25)22-18-4-2-3-17(21)15-18/h2-8,15H,9-14H2,1H3,(H,22,25). The summed E-state index contributed by atoms with van der Waals surface area (Å²) in [6.45, 7) is 6.68. The molecule has 2 aromatic carbocycles. The topological polar surface area (TPSA) is 44.8 Å². The number of aryl methyl sites for hydroxylation is 1. The van der Waals surface area contributed by atoms with Gasteiger partial charge >= 0.3 is 6.03 Å². The first-order chi connectivity index (χ1) is 12.6. The van der Waals surface area contributed by atoms with Gasteiger partial charge < -0.3 is 15.0 Å². The number of hydrogen-bond acceptors (Lipinski definition) is 3. The van der Waals surface area contributed by atoms with Crippen LogP contribution in [0.4, 0.5) is 10.5 Å². The summed E-state index contributed by atoms with van der Waals surface area (Å²) in [5, 5.41) is 3.51. The summed E-state index contributed by atoms with van der Waals surface area (Å²) in [7, 11) is 0. The molecule has 0 radical (unpaired) electrons. The van der Waals surface area contributed by atoms with Gasteiger partial charge in [-0.2, -0.15) is 0 Å². The van der Waals surface area contributed by atoms with E-state index in [9.17, 15) is 4.79 Å². The fourth-order valence-electron chi connectivity index (χ4n) is 2.87. The van der Waals surface area contributed by atoms with Gasteiger partial charge in [0, 0.05) is 43.4 Å². The van der Waals surface area contributed by atoms with E-state index in [1.807, 2.05) is 41.3 Å². The highest BCUT2D eigenvalue weighted by Crippen LogP contribution is 2.16. The van der Waals surface area contributed by atoms with Crippen molar-refractivity contribution in [2.45, 2.75) is 6.92 Å². The second kappa shape index (κ2) is 8.92. The van der Waals surface area contributed by atoms with Crippen molar-refractivity contribution in [3.63, 3.8) is 0 Å². The molecule has 0 aromatic heterocycles. The van der Waals surface area contributed by atoms with E-state index in [0.29, 0.717) is 24.7 Å². The number of anilines is 1. The van der Waals surface area contributed by atoms with Crippen molar-refractivity contribution in [3.8, 4) is 5.75 Å². The van der Waals surface area contributed by atoms with E-state index in [-0.39, 0.29) is 6.03 Å². The average molecular weight is 374 g/mol. The predicted molar refractivity (Wildman–Crippen MR) is 105 cm³/mol. The second-order valence-electron chi connectivity index (χ2n) is 6.43. The third-order valence-corrected chi connectivity index (χ3v) is 4.67. The normalized spacial score (nSPS) is 14.9. The number of piperazine rings is 1. The van der Waals surface area contributed by atoms with Crippen LogP contribution in [0.1, 0.15) is 5.56 Å². The molecule has 2 aromatic rings. The van der Waals surface area contributed by atoms with Crippen molar-refractivity contribution in [3.05, 3.63) is 59.1 Å². The van der Waals surface area contributed by atoms with Gasteiger partial charge in [0.1, 0.15) is 12.4 Å². The molecule has 2 amide bonds. The SMILES string of the molecule is Cc1ccc(OCCN2CCN(C(=O)Nc3cccc(Cl)c3)CC2)cc1. The van der Waals surface area contributed by atoms with Crippen LogP contribution in [0, 0.1) is 6.92 Å². The summed E-state index contributed by atoms with van der Waals surface area (Å²) in [6.07, 6.45) is 0. The maximum absolute atomic E-state index is 12.3. The van der Waals surface area contributed by atoms with Gasteiger partial charge in [-0.15, -0.1) is 0 Å². The minimum atomic E-state index is -0.0807. The molecule has 0 unspecified atom stereocenters. The van der Waals surface area contributed by atoms with Crippen molar-refractivity contribution in [2.75, 3.05) is 44.6 Å². The first kappa shape index (κ1) is 18.5. The molecule has 6 heteroatoms. The monoisotopic (exact) mass is 373 g/mol. The number of amides is 2. The summed E-state index contributed by atoms with van der Waals surface area (Å²) in [5.41, 5.74) is 1.95. The van der Waals surface area contributed by atoms with Crippen molar-refractivity contribution >= 4 is 23.3 Å². The molecule has 0 saturated carbocycles. The fourth-order valence-corrected chi connectivity index (χ4v) is 3.06. The van der Waals surface area contributed by atoms with Gasteiger partial charge in [-0.05, 0) is 37.3 Å². The van der Waals surface area contributed by atoms with Gasteiger partial charge in [-0.3, -0.25) is 4.90 Å². The molecule has 1 fully saturated rings. The van der Waals surface area contributed by atoms with Crippen LogP contribution in [-0.4, -0.2) is 55.2 Å². The van der Waals surface area contributed by atoms with Gasteiger partial charge in [0.25, 0.3) is 0 Å². The van der Waals surface area contributed by atoms with Crippen LogP contribution < -0.4 is 10.1 Å². The van der Waals surface area contributed by atoms with E-state index in [4.69, 9.17) is 16.3 Å². The molecule has 0 aliphatic carbocycles. The number of rotatable bonds is 5. The molecule has 1 N–H and O–H groups in total. The molecule has 0 atom stereocenters. The van der Waals surface area contributed by atoms with Gasteiger partial charge in [0.05, 0.1) is 0 Å². The average Bonchev–Trinajstić information content (AvgIpc) is 2.64. The van der Waals surface area contributed by atoms with Crippen LogP contribution >= 0.6 is 11.6 Å². The quantitative estimate of drug-likeness (QED) is 0.865. The number of ether oxygens (including phenoxy) is 1. The minimum Gasteiger partial charge on any atom is -0.492 e. The Morgan fingerprint density at radius 1 is 1.12 bits per heavy atom. The first-order valence-corrected chi connectivity index (χ1v) is 9.21. The second-order valence-corrected chi connectivity index (χ2v) is 6.87. The molecule has 138 valence electrons. The Kier molecular flexibility index (Phi) is 6.36. The molecule has 3 rings (SSSR count). The minimum absolute atomic E-state index is 0.0807. The number of benzene rings is 2. The molecule has 26 heavy (non-hydrogen) atoms. The Bertz CT molecular complexity index is 728. The van der Waals surface area contributed by atoms with E-state index in [2.05, 4.69) is 17.1 Å². The van der Waals surface area contributed by atoms with Crippen LogP contribution in [0.5, 0.6) is 5.75 Å². The summed E-state index contributed by atoms with van der Waals surface area (Å²) >= 11 is 5.95. The third-order valence-electron chi connectivity index (χ3n) is 4.43. The highest BCUT2D eigenvalue weighted by molar-refractivity contribution is 6.30. The smallest absolute Gasteiger partial charge is 0.321 e. The summed E-state index contributed by atoms with van der Waals surface area (Å²) < 4.78 is 5.78. The molecular weight excluding hydrogens is 350 g/mol. The third kappa shape index (κ3) is 5.38. The van der Waals surface area contributed by atoms with Crippen molar-refractivity contribution in [1.29, 1.82) is 0 Å². The molecule has 1 aliphatic heterocycles. The summed E-state index contributed by atoms with van der Waals surface area (Å²) in [5.74, 6) is 0.898. The Morgan fingerprint density at radius 2 is 1.85 bits per heavy atom. The molecule has 5 nitrogen and oxygen atoms in total. The molecule has 0 spiro atoms. The lowest BCUT2D eigenvalue weighted by atomic mass is 10.2. The van der Waals surface area contributed by atoms with Crippen molar-refractivity contribution < 1.29 is 9.53 Å². The lowest BCUT2D eigenvalue weighted by Crippen LogP contribution is -2.50. The Labute approximate surface area is 159 Å². The van der Waals surface area contributed by atoms with Gasteiger partial charge in [0.2, 0.25) is 0 Å². The number of nitrogens with one attached hydrogen (secondary N) is 1. The van der Waals surface area contributed by atoms with Crippen molar-refractivity contribution in [1.82, 2.24) is 9.80 Å². The number of carbonyl (C=O) groups excluding carboxylic acids is 1. The van der Waals surface area contributed by atoms with Gasteiger partial charge in [-0.25, -0.2) is 4.79 Å². The van der Waals surface area contributed by atoms with Crippen LogP contribution in [0.2, 0.25) is 5.02 Å². The molecule has 1 saturated heterocycles. The first-order valence-electron chi connectivity index (χ1n) is 8.83. The lowest BCUT2D eigenvalue weighted by molar-refractivity contribution is 0.132. The number of nitrogens with zero attached hydrogens (tertiary/aromatic N) is 2. The van der Waals surface area contributed by atoms with Gasteiger partial charge in [0.15, 0.2) is 0 Å². The zero-order valence-electron chi connectivity index (χ0n) is 15.0. The number of carbonyl (C=O) groups is 1. The zero-order chi connectivity index (χ0) is 18.4. The summed E-state index contributed by atoms with van der Waals surface area (Å²) in [6, 6.07) is 15.2. The number of hydrogen-bond donors (Lipinski definition) is 1. The van der Waals surface area contributed by atoms with E-state index in [1.165, 1.54) is 5.56 Å². The molecule has 0 bridgehead atoms. The van der Waals surface area contributed by atoms with E-state index in [1.54, 1.807) is 12.1 Å². The van der Waals surface area contributed by atoms with Crippen LogP contribution in [-0.2, 0) is 0 Å². The maximum Gasteiger partial charge on any atom is 0.321 e. The largest absolute Gasteiger partial charge is 0.492 e. The molecule has 1 aliphatic rings. The highest BCUT2D eigenvalue weighted by Gasteiger charge is 2.21. The lowest BCUT2D eigenvalue weighted by Gasteiger charge is -2.34. The zero-order valence-corrected chi connectivity index (χ0v) is 15.7. The van der Waals surface area contributed by atoms with E-state index < -0.39 is 0 Å². The highest BCUT2D eigenvalue weighted by atomic mass is 35.5. The Hall–Kier alpha value is -2.24. The van der Waals surface area contributed by atoms with E-state index in [0.717, 1.165) is 31.1 Å².